The average Bonchev–Trinajstić information content (AvgIpc) is 2.59. The first-order valence-electron chi connectivity index (χ1n) is 7.81. The Labute approximate surface area is 141 Å². The van der Waals surface area contributed by atoms with Crippen molar-refractivity contribution in [1.82, 2.24) is 5.32 Å². The zero-order valence-corrected chi connectivity index (χ0v) is 13.5. The van der Waals surface area contributed by atoms with Crippen LogP contribution in [0.1, 0.15) is 24.5 Å². The number of nitro groups is 1. The standard InChI is InChI=1S/C19H20N2O3/c1-15(7-8-16-5-3-2-4-6-16)20-19(22)14-11-17-9-12-18(13-10-17)21(23)24/h2-6,9-15H,7-8H2,1H3,(H,20,22)/b14-11+/t15-/m1/s1. The summed E-state index contributed by atoms with van der Waals surface area (Å²) in [6.45, 7) is 1.97. The first-order chi connectivity index (χ1) is 11.5. The van der Waals surface area contributed by atoms with Gasteiger partial charge in [0.25, 0.3) is 5.69 Å². The Bertz CT molecular complexity index is 709. The summed E-state index contributed by atoms with van der Waals surface area (Å²) in [6.07, 6.45) is 4.86. The van der Waals surface area contributed by atoms with E-state index < -0.39 is 4.92 Å². The second-order valence-electron chi connectivity index (χ2n) is 5.62. The Balaban J connectivity index is 1.80. The zero-order valence-electron chi connectivity index (χ0n) is 13.5. The Morgan fingerprint density at radius 1 is 1.17 bits per heavy atom. The van der Waals surface area contributed by atoms with Crippen LogP contribution in [0.3, 0.4) is 0 Å². The minimum atomic E-state index is -0.450. The van der Waals surface area contributed by atoms with E-state index in [9.17, 15) is 14.9 Å². The van der Waals surface area contributed by atoms with Gasteiger partial charge in [-0.15, -0.1) is 0 Å². The van der Waals surface area contributed by atoms with E-state index in [2.05, 4.69) is 17.4 Å². The first-order valence-corrected chi connectivity index (χ1v) is 7.81. The van der Waals surface area contributed by atoms with Crippen LogP contribution in [0.4, 0.5) is 5.69 Å². The Morgan fingerprint density at radius 2 is 1.83 bits per heavy atom. The lowest BCUT2D eigenvalue weighted by molar-refractivity contribution is -0.384. The van der Waals surface area contributed by atoms with Gasteiger partial charge in [-0.3, -0.25) is 14.9 Å². The fourth-order valence-electron chi connectivity index (χ4n) is 2.27. The molecular formula is C19H20N2O3. The summed E-state index contributed by atoms with van der Waals surface area (Å²) in [6, 6.07) is 16.3. The number of nitrogens with zero attached hydrogens (tertiary/aromatic N) is 1. The van der Waals surface area contributed by atoms with Crippen molar-refractivity contribution in [3.63, 3.8) is 0 Å². The monoisotopic (exact) mass is 324 g/mol. The number of aryl methyl sites for hydroxylation is 1. The highest BCUT2D eigenvalue weighted by molar-refractivity contribution is 5.91. The molecule has 0 heterocycles. The molecule has 2 rings (SSSR count). The van der Waals surface area contributed by atoms with Crippen molar-refractivity contribution in [3.8, 4) is 0 Å². The van der Waals surface area contributed by atoms with E-state index >= 15 is 0 Å². The fourth-order valence-corrected chi connectivity index (χ4v) is 2.27. The summed E-state index contributed by atoms with van der Waals surface area (Å²) in [7, 11) is 0. The molecule has 0 spiro atoms. The number of nitrogens with one attached hydrogen (secondary N) is 1. The third-order valence-electron chi connectivity index (χ3n) is 3.63. The van der Waals surface area contributed by atoms with E-state index in [-0.39, 0.29) is 17.6 Å². The molecular weight excluding hydrogens is 304 g/mol. The van der Waals surface area contributed by atoms with Crippen LogP contribution in [0.2, 0.25) is 0 Å². The molecule has 5 heteroatoms. The molecule has 0 saturated heterocycles. The highest BCUT2D eigenvalue weighted by Gasteiger charge is 2.06. The summed E-state index contributed by atoms with van der Waals surface area (Å²) in [5, 5.41) is 13.5. The van der Waals surface area contributed by atoms with Crippen LogP contribution >= 0.6 is 0 Å². The van der Waals surface area contributed by atoms with Crippen molar-refractivity contribution >= 4 is 17.7 Å². The van der Waals surface area contributed by atoms with Gasteiger partial charge < -0.3 is 5.32 Å². The SMILES string of the molecule is C[C@H](CCc1ccccc1)NC(=O)/C=C/c1ccc([N+](=O)[O-])cc1. The fraction of sp³-hybridized carbons (Fsp3) is 0.211. The van der Waals surface area contributed by atoms with Crippen molar-refractivity contribution in [2.75, 3.05) is 0 Å². The maximum atomic E-state index is 11.9. The summed E-state index contributed by atoms with van der Waals surface area (Å²) < 4.78 is 0. The smallest absolute Gasteiger partial charge is 0.269 e. The van der Waals surface area contributed by atoms with Crippen molar-refractivity contribution in [1.29, 1.82) is 0 Å². The van der Waals surface area contributed by atoms with Gasteiger partial charge in [0.2, 0.25) is 5.91 Å². The number of hydrogen-bond acceptors (Lipinski definition) is 3. The predicted molar refractivity (Wildman–Crippen MR) is 94.5 cm³/mol. The molecule has 5 nitrogen and oxygen atoms in total. The van der Waals surface area contributed by atoms with Crippen LogP contribution in [-0.4, -0.2) is 16.9 Å². The molecule has 2 aromatic rings. The van der Waals surface area contributed by atoms with Crippen LogP contribution in [-0.2, 0) is 11.2 Å². The van der Waals surface area contributed by atoms with Gasteiger partial charge in [-0.05, 0) is 49.1 Å². The van der Waals surface area contributed by atoms with Crippen LogP contribution in [0.25, 0.3) is 6.08 Å². The number of rotatable bonds is 7. The molecule has 1 amide bonds. The summed E-state index contributed by atoms with van der Waals surface area (Å²) in [4.78, 5) is 22.0. The van der Waals surface area contributed by atoms with Crippen molar-refractivity contribution in [3.05, 3.63) is 81.9 Å². The normalized spacial score (nSPS) is 12.0. The van der Waals surface area contributed by atoms with E-state index in [1.165, 1.54) is 23.8 Å². The number of nitro benzene ring substituents is 1. The molecule has 1 atom stereocenters. The van der Waals surface area contributed by atoms with E-state index in [1.54, 1.807) is 18.2 Å². The van der Waals surface area contributed by atoms with E-state index in [1.807, 2.05) is 25.1 Å². The van der Waals surface area contributed by atoms with Gasteiger partial charge in [0, 0.05) is 24.3 Å². The predicted octanol–water partition coefficient (Wildman–Crippen LogP) is 3.75. The van der Waals surface area contributed by atoms with E-state index in [0.29, 0.717) is 0 Å². The Kier molecular flexibility index (Phi) is 6.25. The van der Waals surface area contributed by atoms with E-state index in [4.69, 9.17) is 0 Å². The highest BCUT2D eigenvalue weighted by Crippen LogP contribution is 2.12. The highest BCUT2D eigenvalue weighted by atomic mass is 16.6. The summed E-state index contributed by atoms with van der Waals surface area (Å²) >= 11 is 0. The molecule has 0 aliphatic rings. The maximum Gasteiger partial charge on any atom is 0.269 e. The maximum absolute atomic E-state index is 11.9. The first kappa shape index (κ1) is 17.4. The second kappa shape index (κ2) is 8.62. The van der Waals surface area contributed by atoms with E-state index in [0.717, 1.165) is 18.4 Å². The minimum Gasteiger partial charge on any atom is -0.350 e. The summed E-state index contributed by atoms with van der Waals surface area (Å²) in [5.41, 5.74) is 2.03. The molecule has 0 radical (unpaired) electrons. The molecule has 0 aliphatic carbocycles. The molecule has 0 fully saturated rings. The quantitative estimate of drug-likeness (QED) is 0.479. The van der Waals surface area contributed by atoms with Crippen molar-refractivity contribution in [2.45, 2.75) is 25.8 Å². The molecule has 2 aromatic carbocycles. The largest absolute Gasteiger partial charge is 0.350 e. The molecule has 24 heavy (non-hydrogen) atoms. The number of non-ortho nitro benzene ring substituents is 1. The number of benzene rings is 2. The molecule has 0 bridgehead atoms. The third-order valence-corrected chi connectivity index (χ3v) is 3.63. The number of carbonyl (C=O) groups is 1. The van der Waals surface area contributed by atoms with Crippen LogP contribution in [0.15, 0.2) is 60.7 Å². The van der Waals surface area contributed by atoms with Crippen LogP contribution in [0, 0.1) is 10.1 Å². The van der Waals surface area contributed by atoms with Crippen LogP contribution < -0.4 is 5.32 Å². The lowest BCUT2D eigenvalue weighted by Crippen LogP contribution is -2.31. The summed E-state index contributed by atoms with van der Waals surface area (Å²) in [5.74, 6) is -0.172. The second-order valence-corrected chi connectivity index (χ2v) is 5.62. The van der Waals surface area contributed by atoms with Gasteiger partial charge in [-0.25, -0.2) is 0 Å². The topological polar surface area (TPSA) is 72.2 Å². The van der Waals surface area contributed by atoms with Gasteiger partial charge in [0.15, 0.2) is 0 Å². The third kappa shape index (κ3) is 5.68. The lowest BCUT2D eigenvalue weighted by Gasteiger charge is -2.12. The Hall–Kier alpha value is -2.95. The zero-order chi connectivity index (χ0) is 17.4. The number of carbonyl (C=O) groups excluding carboxylic acids is 1. The van der Waals surface area contributed by atoms with Gasteiger partial charge in [0.05, 0.1) is 4.92 Å². The van der Waals surface area contributed by atoms with Crippen LogP contribution in [0.5, 0.6) is 0 Å². The lowest BCUT2D eigenvalue weighted by atomic mass is 10.1. The van der Waals surface area contributed by atoms with Gasteiger partial charge in [0.1, 0.15) is 0 Å². The minimum absolute atomic E-state index is 0.0335. The molecule has 0 aromatic heterocycles. The van der Waals surface area contributed by atoms with Gasteiger partial charge in [-0.1, -0.05) is 30.3 Å². The number of hydrogen-bond donors (Lipinski definition) is 1. The average molecular weight is 324 g/mol. The molecule has 124 valence electrons. The molecule has 0 aliphatic heterocycles. The van der Waals surface area contributed by atoms with Crippen molar-refractivity contribution < 1.29 is 9.72 Å². The van der Waals surface area contributed by atoms with Gasteiger partial charge >= 0.3 is 0 Å². The molecule has 0 unspecified atom stereocenters. The Morgan fingerprint density at radius 3 is 2.46 bits per heavy atom. The number of amides is 1. The molecule has 0 saturated carbocycles. The van der Waals surface area contributed by atoms with Gasteiger partial charge in [-0.2, -0.15) is 0 Å². The van der Waals surface area contributed by atoms with Crippen molar-refractivity contribution in [2.24, 2.45) is 0 Å². The molecule has 1 N–H and O–H groups in total.